The lowest BCUT2D eigenvalue weighted by Gasteiger charge is -2.12. The number of nitrogens with one attached hydrogen (secondary N) is 1. The summed E-state index contributed by atoms with van der Waals surface area (Å²) < 4.78 is 5.61. The predicted molar refractivity (Wildman–Crippen MR) is 88.4 cm³/mol. The van der Waals surface area contributed by atoms with Crippen molar-refractivity contribution >= 4 is 27.4 Å². The van der Waals surface area contributed by atoms with Crippen LogP contribution in [0.5, 0.6) is 11.5 Å². The number of rotatable bonds is 1. The van der Waals surface area contributed by atoms with Gasteiger partial charge in [-0.3, -0.25) is 4.79 Å². The smallest absolute Gasteiger partial charge is 0.202 e. The third-order valence-corrected chi connectivity index (χ3v) is 3.99. The second-order valence-corrected chi connectivity index (χ2v) is 5.34. The number of benzene rings is 2. The molecule has 0 radical (unpaired) electrons. The molecular formula is C18H13NO4. The lowest BCUT2D eigenvalue weighted by Crippen LogP contribution is -2.20. The minimum absolute atomic E-state index is 0.184. The summed E-state index contributed by atoms with van der Waals surface area (Å²) in [6, 6.07) is 6.21. The second-order valence-electron chi connectivity index (χ2n) is 5.34. The molecule has 4 rings (SSSR count). The molecule has 1 aliphatic heterocycles. The van der Waals surface area contributed by atoms with Crippen LogP contribution < -0.4 is 10.7 Å². The number of hydrogen-bond acceptors (Lipinski definition) is 5. The molecule has 1 aromatic heterocycles. The molecule has 0 atom stereocenters. The molecule has 0 fully saturated rings. The highest BCUT2D eigenvalue weighted by molar-refractivity contribution is 6.08. The average Bonchev–Trinajstić information content (AvgIpc) is 2.59. The van der Waals surface area contributed by atoms with Crippen LogP contribution in [0, 0.1) is 0 Å². The van der Waals surface area contributed by atoms with E-state index in [0.717, 1.165) is 0 Å². The zero-order chi connectivity index (χ0) is 16.0. The summed E-state index contributed by atoms with van der Waals surface area (Å²) >= 11 is 0. The molecule has 1 aliphatic rings. The van der Waals surface area contributed by atoms with Gasteiger partial charge in [0.1, 0.15) is 11.8 Å². The van der Waals surface area contributed by atoms with Gasteiger partial charge in [0.25, 0.3) is 0 Å². The van der Waals surface area contributed by atoms with Crippen molar-refractivity contribution < 1.29 is 14.6 Å². The topological polar surface area (TPSA) is 82.7 Å². The van der Waals surface area contributed by atoms with Gasteiger partial charge in [-0.2, -0.15) is 0 Å². The lowest BCUT2D eigenvalue weighted by atomic mass is 10.0. The van der Waals surface area contributed by atoms with Gasteiger partial charge in [-0.25, -0.2) is 0 Å². The Hall–Kier alpha value is -3.21. The van der Waals surface area contributed by atoms with Gasteiger partial charge in [-0.1, -0.05) is 12.2 Å². The first-order valence-corrected chi connectivity index (χ1v) is 7.17. The van der Waals surface area contributed by atoms with Crippen molar-refractivity contribution in [1.29, 1.82) is 0 Å². The summed E-state index contributed by atoms with van der Waals surface area (Å²) in [5.41, 5.74) is 1.38. The van der Waals surface area contributed by atoms with Crippen molar-refractivity contribution in [2.75, 3.05) is 6.54 Å². The molecule has 2 heterocycles. The number of aromatic hydroxyl groups is 2. The number of phenolic OH excluding ortho intramolecular Hbond substituents is 2. The van der Waals surface area contributed by atoms with Crippen LogP contribution in [0.2, 0.25) is 0 Å². The highest BCUT2D eigenvalue weighted by atomic mass is 16.3. The predicted octanol–water partition coefficient (Wildman–Crippen LogP) is 2.86. The molecule has 0 bridgehead atoms. The number of allylic oxidation sites excluding steroid dienone is 2. The summed E-state index contributed by atoms with van der Waals surface area (Å²) in [6.07, 6.45) is 7.08. The molecule has 3 aromatic rings. The Bertz CT molecular complexity index is 1060. The molecule has 0 saturated heterocycles. The highest BCUT2D eigenvalue weighted by Crippen LogP contribution is 2.36. The first-order valence-electron chi connectivity index (χ1n) is 7.17. The van der Waals surface area contributed by atoms with Crippen LogP contribution >= 0.6 is 0 Å². The molecule has 0 aliphatic carbocycles. The van der Waals surface area contributed by atoms with Crippen molar-refractivity contribution in [3.05, 3.63) is 64.5 Å². The second kappa shape index (κ2) is 4.91. The van der Waals surface area contributed by atoms with E-state index in [2.05, 4.69) is 5.32 Å². The van der Waals surface area contributed by atoms with E-state index < -0.39 is 0 Å². The van der Waals surface area contributed by atoms with Gasteiger partial charge in [0.15, 0.2) is 11.5 Å². The van der Waals surface area contributed by atoms with E-state index in [9.17, 15) is 15.0 Å². The van der Waals surface area contributed by atoms with Crippen LogP contribution in [-0.2, 0) is 0 Å². The van der Waals surface area contributed by atoms with Gasteiger partial charge in [0.05, 0.1) is 10.9 Å². The zero-order valence-electron chi connectivity index (χ0n) is 12.0. The van der Waals surface area contributed by atoms with Gasteiger partial charge in [0.2, 0.25) is 5.43 Å². The van der Waals surface area contributed by atoms with Gasteiger partial charge in [0, 0.05) is 23.0 Å². The van der Waals surface area contributed by atoms with Crippen LogP contribution in [0.3, 0.4) is 0 Å². The highest BCUT2D eigenvalue weighted by Gasteiger charge is 2.16. The van der Waals surface area contributed by atoms with Gasteiger partial charge < -0.3 is 19.9 Å². The van der Waals surface area contributed by atoms with Crippen molar-refractivity contribution in [1.82, 2.24) is 5.32 Å². The van der Waals surface area contributed by atoms with Crippen LogP contribution in [0.1, 0.15) is 5.56 Å². The first kappa shape index (κ1) is 13.5. The van der Waals surface area contributed by atoms with Crippen molar-refractivity contribution in [3.63, 3.8) is 0 Å². The number of dihydropyridines is 1. The number of phenols is 2. The normalized spacial score (nSPS) is 14.0. The quantitative estimate of drug-likeness (QED) is 0.475. The Kier molecular flexibility index (Phi) is 2.87. The fourth-order valence-electron chi connectivity index (χ4n) is 2.83. The van der Waals surface area contributed by atoms with Crippen molar-refractivity contribution in [2.24, 2.45) is 0 Å². The minimum atomic E-state index is -0.243. The molecule has 2 aromatic carbocycles. The molecule has 23 heavy (non-hydrogen) atoms. The Labute approximate surface area is 130 Å². The standard InChI is InChI=1S/C18H13NO4/c20-14-6-4-10-11(17(14)21)5-7-15-16(10)18(22)12(9-23-15)13-3-1-2-8-19-13/h1-7,9,19-21H,8H2. The van der Waals surface area contributed by atoms with Gasteiger partial charge in [-0.15, -0.1) is 0 Å². The molecule has 0 amide bonds. The fraction of sp³-hybridized carbons (Fsp3) is 0.0556. The van der Waals surface area contributed by atoms with E-state index in [1.54, 1.807) is 18.2 Å². The Morgan fingerprint density at radius 1 is 1.09 bits per heavy atom. The summed E-state index contributed by atoms with van der Waals surface area (Å²) in [7, 11) is 0. The molecule has 0 spiro atoms. The zero-order valence-corrected chi connectivity index (χ0v) is 12.0. The number of hydrogen-bond donors (Lipinski definition) is 3. The Morgan fingerprint density at radius 3 is 2.70 bits per heavy atom. The van der Waals surface area contributed by atoms with E-state index >= 15 is 0 Å². The van der Waals surface area contributed by atoms with Crippen molar-refractivity contribution in [2.45, 2.75) is 0 Å². The van der Waals surface area contributed by atoms with Gasteiger partial charge in [-0.05, 0) is 30.3 Å². The molecule has 0 unspecified atom stereocenters. The SMILES string of the molecule is O=c1c(C2=CC=CCN2)coc2ccc3c(O)c(O)ccc3c12. The van der Waals surface area contributed by atoms with E-state index in [4.69, 9.17) is 4.42 Å². The third-order valence-electron chi connectivity index (χ3n) is 3.99. The fourth-order valence-corrected chi connectivity index (χ4v) is 2.83. The monoisotopic (exact) mass is 307 g/mol. The Balaban J connectivity index is 2.11. The molecule has 5 nitrogen and oxygen atoms in total. The van der Waals surface area contributed by atoms with Crippen LogP contribution in [-0.4, -0.2) is 16.8 Å². The summed E-state index contributed by atoms with van der Waals surface area (Å²) in [6.45, 7) is 0.646. The van der Waals surface area contributed by atoms with Crippen LogP contribution in [0.25, 0.3) is 27.4 Å². The summed E-state index contributed by atoms with van der Waals surface area (Å²) in [5.74, 6) is -0.466. The van der Waals surface area contributed by atoms with Gasteiger partial charge >= 0.3 is 0 Å². The molecule has 5 heteroatoms. The van der Waals surface area contributed by atoms with E-state index in [1.165, 1.54) is 12.3 Å². The molecule has 114 valence electrons. The first-order chi connectivity index (χ1) is 11.2. The van der Waals surface area contributed by atoms with Crippen molar-refractivity contribution in [3.8, 4) is 11.5 Å². The lowest BCUT2D eigenvalue weighted by molar-refractivity contribution is 0.408. The minimum Gasteiger partial charge on any atom is -0.504 e. The molecular weight excluding hydrogens is 294 g/mol. The molecule has 0 saturated carbocycles. The van der Waals surface area contributed by atoms with Crippen LogP contribution in [0.15, 0.2) is 58.0 Å². The average molecular weight is 307 g/mol. The maximum absolute atomic E-state index is 12.9. The van der Waals surface area contributed by atoms with Crippen LogP contribution in [0.4, 0.5) is 0 Å². The number of fused-ring (bicyclic) bond motifs is 3. The molecule has 3 N–H and O–H groups in total. The summed E-state index contributed by atoms with van der Waals surface area (Å²) in [4.78, 5) is 12.9. The maximum Gasteiger partial charge on any atom is 0.202 e. The third kappa shape index (κ3) is 1.97. The summed E-state index contributed by atoms with van der Waals surface area (Å²) in [5, 5.41) is 24.1. The van der Waals surface area contributed by atoms with E-state index in [-0.39, 0.29) is 16.9 Å². The maximum atomic E-state index is 12.9. The largest absolute Gasteiger partial charge is 0.504 e. The van der Waals surface area contributed by atoms with E-state index in [1.807, 2.05) is 18.2 Å². The Morgan fingerprint density at radius 2 is 1.91 bits per heavy atom. The van der Waals surface area contributed by atoms with E-state index in [0.29, 0.717) is 39.5 Å².